The van der Waals surface area contributed by atoms with Crippen LogP contribution in [0.15, 0.2) is 71.5 Å². The maximum absolute atomic E-state index is 12.3. The Kier molecular flexibility index (Phi) is 4.99. The maximum atomic E-state index is 12.3. The summed E-state index contributed by atoms with van der Waals surface area (Å²) in [7, 11) is 1.57. The Labute approximate surface area is 169 Å². The number of benzene rings is 3. The first-order valence-electron chi connectivity index (χ1n) is 9.41. The number of nitrogens with zero attached hydrogens (tertiary/aromatic N) is 4. The van der Waals surface area contributed by atoms with Crippen molar-refractivity contribution >= 4 is 0 Å². The Morgan fingerprint density at radius 3 is 2.34 bits per heavy atom. The van der Waals surface area contributed by atoms with Crippen LogP contribution >= 0.6 is 0 Å². The second-order valence-corrected chi connectivity index (χ2v) is 7.02. The first-order valence-corrected chi connectivity index (χ1v) is 9.41. The lowest BCUT2D eigenvalue weighted by atomic mass is 10.0. The zero-order chi connectivity index (χ0) is 20.4. The molecule has 4 aromatic rings. The van der Waals surface area contributed by atoms with Crippen molar-refractivity contribution in [3.05, 3.63) is 93.9 Å². The van der Waals surface area contributed by atoms with Crippen molar-refractivity contribution in [1.82, 2.24) is 19.8 Å². The van der Waals surface area contributed by atoms with Crippen molar-refractivity contribution in [2.75, 3.05) is 0 Å². The minimum atomic E-state index is -0.316. The van der Waals surface area contributed by atoms with E-state index in [4.69, 9.17) is 4.74 Å². The molecule has 29 heavy (non-hydrogen) atoms. The molecule has 0 aliphatic carbocycles. The van der Waals surface area contributed by atoms with Crippen molar-refractivity contribution in [2.24, 2.45) is 7.05 Å². The molecule has 1 aromatic heterocycles. The first kappa shape index (κ1) is 18.7. The first-order chi connectivity index (χ1) is 14.0. The van der Waals surface area contributed by atoms with Gasteiger partial charge < -0.3 is 4.74 Å². The van der Waals surface area contributed by atoms with Gasteiger partial charge in [0.25, 0.3) is 0 Å². The minimum Gasteiger partial charge on any atom is -0.486 e. The third-order valence-electron chi connectivity index (χ3n) is 4.96. The number of hydrogen-bond acceptors (Lipinski definition) is 4. The number of para-hydroxylation sites is 1. The van der Waals surface area contributed by atoms with Gasteiger partial charge in [0.2, 0.25) is 0 Å². The standard InChI is InChI=1S/C23H22N4O2/c1-16-8-7-11-21(27-23(28)26(3)24-25-27)22(16)29-15-20-13-12-19(14-17(20)2)18-9-5-4-6-10-18/h4-14H,15H2,1-3H3. The lowest BCUT2D eigenvalue weighted by Crippen LogP contribution is -2.22. The van der Waals surface area contributed by atoms with Crippen LogP contribution in [0.2, 0.25) is 0 Å². The molecule has 0 unspecified atom stereocenters. The van der Waals surface area contributed by atoms with Crippen LogP contribution in [0.1, 0.15) is 16.7 Å². The minimum absolute atomic E-state index is 0.316. The molecule has 0 aliphatic rings. The van der Waals surface area contributed by atoms with Crippen molar-refractivity contribution in [2.45, 2.75) is 20.5 Å². The molecule has 6 nitrogen and oxygen atoms in total. The Balaban J connectivity index is 1.62. The maximum Gasteiger partial charge on any atom is 0.368 e. The molecule has 146 valence electrons. The summed E-state index contributed by atoms with van der Waals surface area (Å²) in [5, 5.41) is 7.74. The van der Waals surface area contributed by atoms with Crippen LogP contribution < -0.4 is 10.4 Å². The Morgan fingerprint density at radius 2 is 1.66 bits per heavy atom. The fraction of sp³-hybridized carbons (Fsp3) is 0.174. The largest absolute Gasteiger partial charge is 0.486 e. The molecule has 0 N–H and O–H groups in total. The summed E-state index contributed by atoms with van der Waals surface area (Å²) >= 11 is 0. The predicted octanol–water partition coefficient (Wildman–Crippen LogP) is 3.83. The van der Waals surface area contributed by atoms with Crippen LogP contribution in [0.5, 0.6) is 5.75 Å². The van der Waals surface area contributed by atoms with Gasteiger partial charge in [0.05, 0.1) is 0 Å². The van der Waals surface area contributed by atoms with Gasteiger partial charge in [-0.2, -0.15) is 9.36 Å². The summed E-state index contributed by atoms with van der Waals surface area (Å²) in [5.41, 5.74) is 5.80. The summed E-state index contributed by atoms with van der Waals surface area (Å²) in [6, 6.07) is 22.3. The summed E-state index contributed by atoms with van der Waals surface area (Å²) in [6.07, 6.45) is 0. The van der Waals surface area contributed by atoms with E-state index in [0.29, 0.717) is 18.0 Å². The van der Waals surface area contributed by atoms with Crippen molar-refractivity contribution in [3.8, 4) is 22.6 Å². The van der Waals surface area contributed by atoms with Gasteiger partial charge in [0.1, 0.15) is 18.0 Å². The van der Waals surface area contributed by atoms with Gasteiger partial charge in [0, 0.05) is 7.05 Å². The SMILES string of the molecule is Cc1cc(-c2ccccc2)ccc1COc1c(C)cccc1-n1nnn(C)c1=O. The molecule has 6 heteroatoms. The zero-order valence-corrected chi connectivity index (χ0v) is 16.7. The Hall–Kier alpha value is -3.67. The molecule has 1 heterocycles. The third-order valence-corrected chi connectivity index (χ3v) is 4.96. The monoisotopic (exact) mass is 386 g/mol. The van der Waals surface area contributed by atoms with E-state index in [0.717, 1.165) is 16.7 Å². The number of aryl methyl sites for hydroxylation is 3. The van der Waals surface area contributed by atoms with E-state index in [-0.39, 0.29) is 5.69 Å². The van der Waals surface area contributed by atoms with Gasteiger partial charge in [-0.3, -0.25) is 0 Å². The predicted molar refractivity (Wildman–Crippen MR) is 112 cm³/mol. The lowest BCUT2D eigenvalue weighted by molar-refractivity contribution is 0.301. The second kappa shape index (κ2) is 7.75. The normalized spacial score (nSPS) is 10.9. The molecule has 3 aromatic carbocycles. The third kappa shape index (κ3) is 3.69. The van der Waals surface area contributed by atoms with Gasteiger partial charge in [-0.15, -0.1) is 0 Å². The van der Waals surface area contributed by atoms with Crippen LogP contribution in [0.25, 0.3) is 16.8 Å². The molecule has 0 saturated carbocycles. The van der Waals surface area contributed by atoms with Crippen LogP contribution in [-0.2, 0) is 13.7 Å². The molecule has 4 rings (SSSR count). The summed E-state index contributed by atoms with van der Waals surface area (Å²) < 4.78 is 8.61. The van der Waals surface area contributed by atoms with Gasteiger partial charge in [-0.25, -0.2) is 4.79 Å². The summed E-state index contributed by atoms with van der Waals surface area (Å²) in [4.78, 5) is 12.3. The van der Waals surface area contributed by atoms with Crippen LogP contribution in [0, 0.1) is 13.8 Å². The summed E-state index contributed by atoms with van der Waals surface area (Å²) in [6.45, 7) is 4.43. The average Bonchev–Trinajstić information content (AvgIpc) is 3.07. The number of tetrazole rings is 1. The molecule has 0 saturated heterocycles. The van der Waals surface area contributed by atoms with E-state index >= 15 is 0 Å². The highest BCUT2D eigenvalue weighted by Gasteiger charge is 2.14. The molecular formula is C23H22N4O2. The van der Waals surface area contributed by atoms with Crippen LogP contribution in [0.3, 0.4) is 0 Å². The highest BCUT2D eigenvalue weighted by Crippen LogP contribution is 2.28. The smallest absolute Gasteiger partial charge is 0.368 e. The fourth-order valence-corrected chi connectivity index (χ4v) is 3.27. The molecule has 0 radical (unpaired) electrons. The molecule has 0 amide bonds. The van der Waals surface area contributed by atoms with E-state index in [2.05, 4.69) is 47.7 Å². The van der Waals surface area contributed by atoms with Crippen LogP contribution in [-0.4, -0.2) is 19.8 Å². The zero-order valence-electron chi connectivity index (χ0n) is 16.7. The molecule has 0 spiro atoms. The highest BCUT2D eigenvalue weighted by atomic mass is 16.5. The van der Waals surface area contributed by atoms with Crippen molar-refractivity contribution in [1.29, 1.82) is 0 Å². The van der Waals surface area contributed by atoms with Gasteiger partial charge in [-0.05, 0) is 58.2 Å². The van der Waals surface area contributed by atoms with E-state index in [1.54, 1.807) is 7.05 Å². The van der Waals surface area contributed by atoms with E-state index in [1.165, 1.54) is 20.5 Å². The molecular weight excluding hydrogens is 364 g/mol. The fourth-order valence-electron chi connectivity index (χ4n) is 3.27. The van der Waals surface area contributed by atoms with Gasteiger partial charge in [-0.1, -0.05) is 60.7 Å². The number of aromatic nitrogens is 4. The lowest BCUT2D eigenvalue weighted by Gasteiger charge is -2.15. The van der Waals surface area contributed by atoms with Gasteiger partial charge >= 0.3 is 5.69 Å². The van der Waals surface area contributed by atoms with E-state index < -0.39 is 0 Å². The van der Waals surface area contributed by atoms with E-state index in [1.807, 2.05) is 43.3 Å². The van der Waals surface area contributed by atoms with Crippen molar-refractivity contribution in [3.63, 3.8) is 0 Å². The average molecular weight is 386 g/mol. The number of ether oxygens (including phenoxy) is 1. The quantitative estimate of drug-likeness (QED) is 0.523. The number of rotatable bonds is 5. The molecule has 0 atom stereocenters. The topological polar surface area (TPSA) is 61.9 Å². The Morgan fingerprint density at radius 1 is 0.862 bits per heavy atom. The second-order valence-electron chi connectivity index (χ2n) is 7.02. The summed E-state index contributed by atoms with van der Waals surface area (Å²) in [5.74, 6) is 0.627. The molecule has 0 fully saturated rings. The molecule has 0 aliphatic heterocycles. The van der Waals surface area contributed by atoms with E-state index in [9.17, 15) is 4.79 Å². The Bertz CT molecular complexity index is 1210. The molecule has 0 bridgehead atoms. The highest BCUT2D eigenvalue weighted by molar-refractivity contribution is 5.64. The van der Waals surface area contributed by atoms with Gasteiger partial charge in [0.15, 0.2) is 0 Å². The van der Waals surface area contributed by atoms with Crippen molar-refractivity contribution < 1.29 is 4.74 Å². The number of hydrogen-bond donors (Lipinski definition) is 0. The van der Waals surface area contributed by atoms with Crippen LogP contribution in [0.4, 0.5) is 0 Å².